The summed E-state index contributed by atoms with van der Waals surface area (Å²) >= 11 is 1.59. The number of hydrogen-bond acceptors (Lipinski definition) is 5. The molecule has 0 aliphatic carbocycles. The molecule has 4 heterocycles. The zero-order chi connectivity index (χ0) is 17.1. The van der Waals surface area contributed by atoms with Gasteiger partial charge in [-0.15, -0.1) is 16.4 Å². The molecule has 1 saturated heterocycles. The summed E-state index contributed by atoms with van der Waals surface area (Å²) < 4.78 is 3.26. The third-order valence-corrected chi connectivity index (χ3v) is 5.43. The van der Waals surface area contributed by atoms with Crippen LogP contribution in [0.5, 0.6) is 0 Å². The van der Waals surface area contributed by atoms with Gasteiger partial charge in [0.05, 0.1) is 23.3 Å². The predicted octanol–water partition coefficient (Wildman–Crippen LogP) is 2.64. The SMILES string of the molecule is O=c1n(CCN2CCCCC2)nc(-c2cccs2)n1-c1cccnc1. The Labute approximate surface area is 150 Å². The number of nitrogens with zero attached hydrogens (tertiary/aromatic N) is 5. The first-order valence-corrected chi connectivity index (χ1v) is 9.57. The number of aromatic nitrogens is 4. The fourth-order valence-electron chi connectivity index (χ4n) is 3.26. The van der Waals surface area contributed by atoms with Crippen LogP contribution in [0.25, 0.3) is 16.4 Å². The molecule has 4 rings (SSSR count). The number of rotatable bonds is 5. The molecule has 0 bridgehead atoms. The van der Waals surface area contributed by atoms with E-state index >= 15 is 0 Å². The predicted molar refractivity (Wildman–Crippen MR) is 99.2 cm³/mol. The van der Waals surface area contributed by atoms with Gasteiger partial charge in [-0.25, -0.2) is 14.0 Å². The fraction of sp³-hybridized carbons (Fsp3) is 0.389. The van der Waals surface area contributed by atoms with E-state index < -0.39 is 0 Å². The summed E-state index contributed by atoms with van der Waals surface area (Å²) in [6.45, 7) is 3.73. The molecule has 0 atom stereocenters. The van der Waals surface area contributed by atoms with Crippen molar-refractivity contribution in [2.75, 3.05) is 19.6 Å². The summed E-state index contributed by atoms with van der Waals surface area (Å²) in [4.78, 5) is 20.5. The fourth-order valence-corrected chi connectivity index (χ4v) is 3.96. The largest absolute Gasteiger partial charge is 0.350 e. The topological polar surface area (TPSA) is 56.0 Å². The second kappa shape index (κ2) is 7.33. The second-order valence-electron chi connectivity index (χ2n) is 6.26. The third kappa shape index (κ3) is 3.43. The van der Waals surface area contributed by atoms with Crippen LogP contribution in [0.4, 0.5) is 0 Å². The van der Waals surface area contributed by atoms with Gasteiger partial charge < -0.3 is 4.90 Å². The normalized spacial score (nSPS) is 15.5. The van der Waals surface area contributed by atoms with E-state index in [0.29, 0.717) is 12.4 Å². The van der Waals surface area contributed by atoms with Crippen LogP contribution in [0.2, 0.25) is 0 Å². The molecule has 0 saturated carbocycles. The van der Waals surface area contributed by atoms with E-state index in [9.17, 15) is 4.79 Å². The minimum Gasteiger partial charge on any atom is -0.301 e. The first kappa shape index (κ1) is 16.2. The molecule has 0 spiro atoms. The van der Waals surface area contributed by atoms with Crippen LogP contribution in [0.15, 0.2) is 46.8 Å². The van der Waals surface area contributed by atoms with Crippen LogP contribution in [-0.2, 0) is 6.54 Å². The standard InChI is InChI=1S/C18H21N5OS/c24-18-22(12-11-21-9-2-1-3-10-21)20-17(16-7-5-13-25-16)23(18)15-6-4-8-19-14-15/h4-8,13-14H,1-3,9-12H2. The average Bonchev–Trinajstić information content (AvgIpc) is 3.30. The Morgan fingerprint density at radius 3 is 2.68 bits per heavy atom. The van der Waals surface area contributed by atoms with Crippen molar-refractivity contribution >= 4 is 11.3 Å². The maximum Gasteiger partial charge on any atom is 0.350 e. The van der Waals surface area contributed by atoms with Gasteiger partial charge in [-0.1, -0.05) is 12.5 Å². The molecule has 6 nitrogen and oxygen atoms in total. The summed E-state index contributed by atoms with van der Waals surface area (Å²) in [6.07, 6.45) is 7.23. The quantitative estimate of drug-likeness (QED) is 0.706. The highest BCUT2D eigenvalue weighted by atomic mass is 32.1. The first-order chi connectivity index (χ1) is 12.3. The molecule has 0 amide bonds. The Morgan fingerprint density at radius 2 is 1.96 bits per heavy atom. The summed E-state index contributed by atoms with van der Waals surface area (Å²) in [7, 11) is 0. The Hall–Kier alpha value is -2.25. The highest BCUT2D eigenvalue weighted by molar-refractivity contribution is 7.13. The Morgan fingerprint density at radius 1 is 1.08 bits per heavy atom. The highest BCUT2D eigenvalue weighted by Crippen LogP contribution is 2.23. The van der Waals surface area contributed by atoms with Crippen molar-refractivity contribution in [1.82, 2.24) is 24.2 Å². The maximum absolute atomic E-state index is 13.0. The molecular formula is C18H21N5OS. The van der Waals surface area contributed by atoms with Gasteiger partial charge in [-0.2, -0.15) is 0 Å². The molecule has 1 fully saturated rings. The van der Waals surface area contributed by atoms with E-state index in [4.69, 9.17) is 0 Å². The third-order valence-electron chi connectivity index (χ3n) is 4.56. The molecule has 0 N–H and O–H groups in total. The molecule has 0 radical (unpaired) electrons. The minimum absolute atomic E-state index is 0.103. The van der Waals surface area contributed by atoms with Gasteiger partial charge >= 0.3 is 5.69 Å². The van der Waals surface area contributed by atoms with Crippen molar-refractivity contribution in [2.45, 2.75) is 25.8 Å². The Bertz CT molecular complexity index is 863. The molecule has 7 heteroatoms. The van der Waals surface area contributed by atoms with Crippen LogP contribution in [0, 0.1) is 0 Å². The van der Waals surface area contributed by atoms with E-state index in [2.05, 4.69) is 15.0 Å². The lowest BCUT2D eigenvalue weighted by atomic mass is 10.1. The van der Waals surface area contributed by atoms with E-state index in [1.165, 1.54) is 19.3 Å². The lowest BCUT2D eigenvalue weighted by Gasteiger charge is -2.25. The lowest BCUT2D eigenvalue weighted by Crippen LogP contribution is -2.35. The molecule has 3 aromatic heterocycles. The van der Waals surface area contributed by atoms with Crippen LogP contribution < -0.4 is 5.69 Å². The summed E-state index contributed by atoms with van der Waals surface area (Å²) in [5.74, 6) is 0.687. The Kier molecular flexibility index (Phi) is 4.76. The van der Waals surface area contributed by atoms with E-state index in [1.54, 1.807) is 33.0 Å². The number of thiophene rings is 1. The molecule has 0 aromatic carbocycles. The van der Waals surface area contributed by atoms with Crippen molar-refractivity contribution in [2.24, 2.45) is 0 Å². The smallest absolute Gasteiger partial charge is 0.301 e. The number of pyridine rings is 1. The van der Waals surface area contributed by atoms with Crippen molar-refractivity contribution in [3.05, 3.63) is 52.5 Å². The first-order valence-electron chi connectivity index (χ1n) is 8.69. The van der Waals surface area contributed by atoms with Crippen molar-refractivity contribution < 1.29 is 0 Å². The summed E-state index contributed by atoms with van der Waals surface area (Å²) in [5, 5.41) is 6.64. The van der Waals surface area contributed by atoms with Gasteiger partial charge in [0.15, 0.2) is 5.82 Å². The zero-order valence-electron chi connectivity index (χ0n) is 14.0. The number of hydrogen-bond donors (Lipinski definition) is 0. The van der Waals surface area contributed by atoms with Gasteiger partial charge in [0.1, 0.15) is 0 Å². The highest BCUT2D eigenvalue weighted by Gasteiger charge is 2.18. The van der Waals surface area contributed by atoms with E-state index in [-0.39, 0.29) is 5.69 Å². The molecule has 0 unspecified atom stereocenters. The number of piperidine rings is 1. The van der Waals surface area contributed by atoms with E-state index in [0.717, 1.165) is 30.2 Å². The molecule has 1 aliphatic heterocycles. The van der Waals surface area contributed by atoms with E-state index in [1.807, 2.05) is 29.6 Å². The monoisotopic (exact) mass is 355 g/mol. The molecular weight excluding hydrogens is 334 g/mol. The van der Waals surface area contributed by atoms with Gasteiger partial charge in [0, 0.05) is 12.7 Å². The van der Waals surface area contributed by atoms with Crippen molar-refractivity contribution in [3.63, 3.8) is 0 Å². The summed E-state index contributed by atoms with van der Waals surface area (Å²) in [6, 6.07) is 7.70. The van der Waals surface area contributed by atoms with Crippen LogP contribution in [-0.4, -0.2) is 43.9 Å². The van der Waals surface area contributed by atoms with Gasteiger partial charge in [0.25, 0.3) is 0 Å². The zero-order valence-corrected chi connectivity index (χ0v) is 14.9. The van der Waals surface area contributed by atoms with Gasteiger partial charge in [-0.05, 0) is 49.5 Å². The molecule has 130 valence electrons. The van der Waals surface area contributed by atoms with Crippen molar-refractivity contribution in [1.29, 1.82) is 0 Å². The minimum atomic E-state index is -0.103. The van der Waals surface area contributed by atoms with Crippen LogP contribution in [0.1, 0.15) is 19.3 Å². The average molecular weight is 355 g/mol. The Balaban J connectivity index is 1.67. The second-order valence-corrected chi connectivity index (χ2v) is 7.20. The lowest BCUT2D eigenvalue weighted by molar-refractivity contribution is 0.217. The maximum atomic E-state index is 13.0. The van der Waals surface area contributed by atoms with Gasteiger partial charge in [-0.3, -0.25) is 4.98 Å². The van der Waals surface area contributed by atoms with Crippen LogP contribution in [0.3, 0.4) is 0 Å². The molecule has 3 aromatic rings. The number of likely N-dealkylation sites (tertiary alicyclic amines) is 1. The van der Waals surface area contributed by atoms with Crippen molar-refractivity contribution in [3.8, 4) is 16.4 Å². The molecule has 25 heavy (non-hydrogen) atoms. The molecule has 1 aliphatic rings. The van der Waals surface area contributed by atoms with Gasteiger partial charge in [0.2, 0.25) is 0 Å². The summed E-state index contributed by atoms with van der Waals surface area (Å²) in [5.41, 5.74) is 0.647. The van der Waals surface area contributed by atoms with Crippen LogP contribution >= 0.6 is 11.3 Å².